The molecule has 2 aromatic carbocycles. The first kappa shape index (κ1) is 16.0. The van der Waals surface area contributed by atoms with Gasteiger partial charge in [-0.3, -0.25) is 4.90 Å². The zero-order valence-electron chi connectivity index (χ0n) is 14.4. The minimum absolute atomic E-state index is 0.414. The van der Waals surface area contributed by atoms with Crippen LogP contribution in [0.2, 0.25) is 0 Å². The van der Waals surface area contributed by atoms with E-state index in [1.54, 1.807) is 6.07 Å². The van der Waals surface area contributed by atoms with Crippen LogP contribution in [0.3, 0.4) is 0 Å². The molecule has 0 saturated carbocycles. The lowest BCUT2D eigenvalue weighted by molar-refractivity contribution is 0.297. The first-order valence-corrected chi connectivity index (χ1v) is 9.06. The standard InChI is InChI=1S/C22H24N2O/c25-22-9-8-21-19(10-13-23-21)20(22)7-4-14-24-15-11-18(12-16-24)17-5-2-1-3-6-17/h1-3,5-6,8-11,13,23,25H,4,7,12,14-16H2. The predicted molar refractivity (Wildman–Crippen MR) is 104 cm³/mol. The molecule has 4 rings (SSSR count). The van der Waals surface area contributed by atoms with Gasteiger partial charge in [0.1, 0.15) is 5.75 Å². The zero-order valence-corrected chi connectivity index (χ0v) is 14.4. The van der Waals surface area contributed by atoms with Gasteiger partial charge in [0.05, 0.1) is 0 Å². The molecule has 25 heavy (non-hydrogen) atoms. The number of aromatic hydroxyl groups is 1. The van der Waals surface area contributed by atoms with E-state index in [1.165, 1.54) is 11.1 Å². The molecule has 0 unspecified atom stereocenters. The Morgan fingerprint density at radius 1 is 1.04 bits per heavy atom. The summed E-state index contributed by atoms with van der Waals surface area (Å²) in [6, 6.07) is 16.5. The fraction of sp³-hybridized carbons (Fsp3) is 0.273. The van der Waals surface area contributed by atoms with E-state index < -0.39 is 0 Å². The molecule has 0 atom stereocenters. The van der Waals surface area contributed by atoms with Gasteiger partial charge < -0.3 is 10.1 Å². The number of benzene rings is 2. The number of rotatable bonds is 5. The van der Waals surface area contributed by atoms with Crippen LogP contribution in [0.5, 0.6) is 5.75 Å². The Balaban J connectivity index is 1.35. The summed E-state index contributed by atoms with van der Waals surface area (Å²) < 4.78 is 0. The molecule has 3 heteroatoms. The number of hydrogen-bond donors (Lipinski definition) is 2. The van der Waals surface area contributed by atoms with Gasteiger partial charge in [-0.25, -0.2) is 0 Å². The highest BCUT2D eigenvalue weighted by Gasteiger charge is 2.13. The number of H-pyrrole nitrogens is 1. The van der Waals surface area contributed by atoms with Gasteiger partial charge >= 0.3 is 0 Å². The van der Waals surface area contributed by atoms with Gasteiger partial charge in [-0.1, -0.05) is 36.4 Å². The number of nitrogens with zero attached hydrogens (tertiary/aromatic N) is 1. The molecule has 3 nitrogen and oxygen atoms in total. The van der Waals surface area contributed by atoms with E-state index in [2.05, 4.69) is 52.4 Å². The number of hydrogen-bond acceptors (Lipinski definition) is 2. The third-order valence-electron chi connectivity index (χ3n) is 5.16. The zero-order chi connectivity index (χ0) is 17.1. The van der Waals surface area contributed by atoms with E-state index in [0.717, 1.165) is 55.4 Å². The number of nitrogens with one attached hydrogen (secondary N) is 1. The monoisotopic (exact) mass is 332 g/mol. The molecule has 0 bridgehead atoms. The van der Waals surface area contributed by atoms with Crippen molar-refractivity contribution in [3.8, 4) is 5.75 Å². The number of fused-ring (bicyclic) bond motifs is 1. The molecule has 0 saturated heterocycles. The summed E-state index contributed by atoms with van der Waals surface area (Å²) in [6.07, 6.45) is 7.39. The van der Waals surface area contributed by atoms with Gasteiger partial charge in [0.15, 0.2) is 0 Å². The van der Waals surface area contributed by atoms with E-state index in [9.17, 15) is 5.11 Å². The first-order chi connectivity index (χ1) is 12.3. The van der Waals surface area contributed by atoms with Gasteiger partial charge in [0, 0.05) is 35.8 Å². The lowest BCUT2D eigenvalue weighted by Crippen LogP contribution is -2.29. The summed E-state index contributed by atoms with van der Waals surface area (Å²) in [6.45, 7) is 3.20. The molecule has 1 aromatic heterocycles. The van der Waals surface area contributed by atoms with Crippen molar-refractivity contribution in [2.75, 3.05) is 19.6 Å². The van der Waals surface area contributed by atoms with Gasteiger partial charge in [-0.2, -0.15) is 0 Å². The fourth-order valence-electron chi connectivity index (χ4n) is 3.76. The molecule has 0 aliphatic carbocycles. The molecule has 0 fully saturated rings. The van der Waals surface area contributed by atoms with Crippen molar-refractivity contribution in [3.63, 3.8) is 0 Å². The average molecular weight is 332 g/mol. The van der Waals surface area contributed by atoms with Crippen LogP contribution in [0.15, 0.2) is 60.8 Å². The second-order valence-electron chi connectivity index (χ2n) is 6.75. The maximum Gasteiger partial charge on any atom is 0.119 e. The van der Waals surface area contributed by atoms with Crippen molar-refractivity contribution in [1.29, 1.82) is 0 Å². The van der Waals surface area contributed by atoms with Crippen LogP contribution in [-0.4, -0.2) is 34.6 Å². The lowest BCUT2D eigenvalue weighted by Gasteiger charge is -2.26. The van der Waals surface area contributed by atoms with E-state index in [-0.39, 0.29) is 0 Å². The summed E-state index contributed by atoms with van der Waals surface area (Å²) in [5.41, 5.74) is 4.98. The van der Waals surface area contributed by atoms with Crippen molar-refractivity contribution in [2.45, 2.75) is 19.3 Å². The smallest absolute Gasteiger partial charge is 0.119 e. The Labute approximate surface area is 148 Å². The summed E-state index contributed by atoms with van der Waals surface area (Å²) in [5.74, 6) is 0.414. The molecule has 0 radical (unpaired) electrons. The fourth-order valence-corrected chi connectivity index (χ4v) is 3.76. The third kappa shape index (κ3) is 3.47. The number of aryl methyl sites for hydroxylation is 1. The largest absolute Gasteiger partial charge is 0.508 e. The van der Waals surface area contributed by atoms with E-state index >= 15 is 0 Å². The molecule has 2 N–H and O–H groups in total. The first-order valence-electron chi connectivity index (χ1n) is 9.06. The van der Waals surface area contributed by atoms with Crippen molar-refractivity contribution < 1.29 is 5.11 Å². The van der Waals surface area contributed by atoms with Crippen LogP contribution >= 0.6 is 0 Å². The Bertz CT molecular complexity index is 879. The van der Waals surface area contributed by atoms with Crippen LogP contribution in [-0.2, 0) is 6.42 Å². The second kappa shape index (κ2) is 7.16. The molecule has 2 heterocycles. The molecule has 0 amide bonds. The number of phenols is 1. The number of aromatic amines is 1. The molecule has 1 aliphatic rings. The minimum atomic E-state index is 0.414. The highest BCUT2D eigenvalue weighted by molar-refractivity contribution is 5.85. The van der Waals surface area contributed by atoms with Gasteiger partial charge in [0.2, 0.25) is 0 Å². The van der Waals surface area contributed by atoms with Crippen LogP contribution < -0.4 is 0 Å². The Morgan fingerprint density at radius 3 is 2.72 bits per heavy atom. The summed E-state index contributed by atoms with van der Waals surface area (Å²) in [7, 11) is 0. The molecule has 3 aromatic rings. The normalized spacial score (nSPS) is 15.4. The SMILES string of the molecule is Oc1ccc2[nH]ccc2c1CCCN1CC=C(c2ccccc2)CC1. The third-order valence-corrected chi connectivity index (χ3v) is 5.16. The quantitative estimate of drug-likeness (QED) is 0.717. The summed E-state index contributed by atoms with van der Waals surface area (Å²) >= 11 is 0. The van der Waals surface area contributed by atoms with Gasteiger partial charge in [-0.15, -0.1) is 0 Å². The topological polar surface area (TPSA) is 39.3 Å². The van der Waals surface area contributed by atoms with Crippen molar-refractivity contribution >= 4 is 16.5 Å². The molecule has 1 aliphatic heterocycles. The Kier molecular flexibility index (Phi) is 4.57. The summed E-state index contributed by atoms with van der Waals surface area (Å²) in [4.78, 5) is 5.72. The van der Waals surface area contributed by atoms with E-state index in [4.69, 9.17) is 0 Å². The van der Waals surface area contributed by atoms with Crippen LogP contribution in [0, 0.1) is 0 Å². The van der Waals surface area contributed by atoms with Gasteiger partial charge in [-0.05, 0) is 55.1 Å². The highest BCUT2D eigenvalue weighted by Crippen LogP contribution is 2.28. The number of phenolic OH excluding ortho intramolecular Hbond substituents is 1. The van der Waals surface area contributed by atoms with Crippen LogP contribution in [0.25, 0.3) is 16.5 Å². The Hall–Kier alpha value is -2.52. The van der Waals surface area contributed by atoms with Crippen LogP contribution in [0.1, 0.15) is 24.0 Å². The van der Waals surface area contributed by atoms with Crippen molar-refractivity contribution in [2.24, 2.45) is 0 Å². The van der Waals surface area contributed by atoms with E-state index in [1.807, 2.05) is 12.3 Å². The van der Waals surface area contributed by atoms with Crippen molar-refractivity contribution in [1.82, 2.24) is 9.88 Å². The van der Waals surface area contributed by atoms with E-state index in [0.29, 0.717) is 5.75 Å². The predicted octanol–water partition coefficient (Wildman–Crippen LogP) is 4.60. The maximum atomic E-state index is 10.2. The highest BCUT2D eigenvalue weighted by atomic mass is 16.3. The van der Waals surface area contributed by atoms with Gasteiger partial charge in [0.25, 0.3) is 0 Å². The molecule has 128 valence electrons. The lowest BCUT2D eigenvalue weighted by atomic mass is 9.99. The molecule has 0 spiro atoms. The minimum Gasteiger partial charge on any atom is -0.508 e. The summed E-state index contributed by atoms with van der Waals surface area (Å²) in [5, 5.41) is 11.3. The molecular formula is C22H24N2O. The Morgan fingerprint density at radius 2 is 1.92 bits per heavy atom. The van der Waals surface area contributed by atoms with Crippen LogP contribution in [0.4, 0.5) is 0 Å². The number of aromatic nitrogens is 1. The maximum absolute atomic E-state index is 10.2. The second-order valence-corrected chi connectivity index (χ2v) is 6.75. The molecular weight excluding hydrogens is 308 g/mol. The average Bonchev–Trinajstić information content (AvgIpc) is 3.14. The van der Waals surface area contributed by atoms with Crippen molar-refractivity contribution in [3.05, 3.63) is 71.9 Å².